The highest BCUT2D eigenvalue weighted by Crippen LogP contribution is 2.33. The van der Waals surface area contributed by atoms with E-state index in [1.54, 1.807) is 0 Å². The fourth-order valence-electron chi connectivity index (χ4n) is 2.20. The molecule has 0 aliphatic carbocycles. The molecule has 0 atom stereocenters. The summed E-state index contributed by atoms with van der Waals surface area (Å²) in [7, 11) is 1.14. The fraction of sp³-hybridized carbons (Fsp3) is 0.0667. The summed E-state index contributed by atoms with van der Waals surface area (Å²) in [5, 5.41) is 2.22. The van der Waals surface area contributed by atoms with Crippen molar-refractivity contribution in [3.05, 3.63) is 47.1 Å². The summed E-state index contributed by atoms with van der Waals surface area (Å²) in [5.74, 6) is -2.24. The minimum atomic E-state index is -0.974. The fourth-order valence-corrected chi connectivity index (χ4v) is 2.93. The number of thiophene rings is 1. The van der Waals surface area contributed by atoms with Crippen molar-refractivity contribution in [2.75, 3.05) is 7.11 Å². The number of aromatic nitrogens is 1. The Balaban J connectivity index is 2.32. The Morgan fingerprint density at radius 2 is 2.10 bits per heavy atom. The van der Waals surface area contributed by atoms with Crippen LogP contribution in [0.1, 0.15) is 10.4 Å². The monoisotopic (exact) mass is 303 g/mol. The average Bonchev–Trinajstić information content (AvgIpc) is 3.12. The lowest BCUT2D eigenvalue weighted by Gasteiger charge is -2.01. The van der Waals surface area contributed by atoms with E-state index in [4.69, 9.17) is 0 Å². The van der Waals surface area contributed by atoms with Gasteiger partial charge in [-0.05, 0) is 29.6 Å². The van der Waals surface area contributed by atoms with Gasteiger partial charge >= 0.3 is 5.97 Å². The largest absolute Gasteiger partial charge is 0.463 e. The molecule has 0 bridgehead atoms. The van der Waals surface area contributed by atoms with Gasteiger partial charge in [-0.15, -0.1) is 11.3 Å². The van der Waals surface area contributed by atoms with Gasteiger partial charge in [-0.2, -0.15) is 0 Å². The van der Waals surface area contributed by atoms with Crippen LogP contribution in [0, 0.1) is 5.82 Å². The van der Waals surface area contributed by atoms with Gasteiger partial charge in [-0.25, -0.2) is 9.18 Å². The van der Waals surface area contributed by atoms with Gasteiger partial charge in [0.25, 0.3) is 5.78 Å². The molecule has 0 radical (unpaired) electrons. The molecule has 0 saturated carbocycles. The van der Waals surface area contributed by atoms with Crippen LogP contribution >= 0.6 is 11.3 Å². The summed E-state index contributed by atoms with van der Waals surface area (Å²) < 4.78 is 18.0. The summed E-state index contributed by atoms with van der Waals surface area (Å²) in [5.41, 5.74) is 1.23. The van der Waals surface area contributed by atoms with Crippen molar-refractivity contribution in [2.24, 2.45) is 0 Å². The molecule has 21 heavy (non-hydrogen) atoms. The normalized spacial score (nSPS) is 10.8. The lowest BCUT2D eigenvalue weighted by molar-refractivity contribution is -0.135. The van der Waals surface area contributed by atoms with Crippen LogP contribution < -0.4 is 0 Å². The molecule has 0 amide bonds. The van der Waals surface area contributed by atoms with Crippen LogP contribution in [0.15, 0.2) is 35.7 Å². The summed E-state index contributed by atoms with van der Waals surface area (Å²) in [6.45, 7) is 0. The van der Waals surface area contributed by atoms with E-state index >= 15 is 0 Å². The highest BCUT2D eigenvalue weighted by Gasteiger charge is 2.26. The van der Waals surface area contributed by atoms with Crippen molar-refractivity contribution in [2.45, 2.75) is 0 Å². The number of rotatable bonds is 3. The van der Waals surface area contributed by atoms with E-state index in [0.29, 0.717) is 16.6 Å². The first-order valence-electron chi connectivity index (χ1n) is 6.09. The molecule has 6 heteroatoms. The van der Waals surface area contributed by atoms with Crippen molar-refractivity contribution in [3.63, 3.8) is 0 Å². The molecule has 0 fully saturated rings. The number of esters is 1. The van der Waals surface area contributed by atoms with Crippen LogP contribution in [0.25, 0.3) is 21.5 Å². The predicted octanol–water partition coefficient (Wildman–Crippen LogP) is 3.39. The number of Topliss-reactive ketones (excluding diaryl/α,β-unsaturated/α-hetero) is 1. The van der Waals surface area contributed by atoms with Gasteiger partial charge in [0, 0.05) is 10.9 Å². The maximum absolute atomic E-state index is 13.5. The number of nitrogens with one attached hydrogen (secondary N) is 1. The first kappa shape index (κ1) is 13.5. The second-order valence-electron chi connectivity index (χ2n) is 4.36. The van der Waals surface area contributed by atoms with Crippen LogP contribution in [-0.4, -0.2) is 23.8 Å². The Kier molecular flexibility index (Phi) is 3.31. The smallest absolute Gasteiger partial charge is 0.379 e. The second-order valence-corrected chi connectivity index (χ2v) is 5.31. The average molecular weight is 303 g/mol. The van der Waals surface area contributed by atoms with Gasteiger partial charge in [-0.1, -0.05) is 6.07 Å². The molecule has 3 rings (SSSR count). The maximum atomic E-state index is 13.5. The van der Waals surface area contributed by atoms with Crippen LogP contribution in [0.5, 0.6) is 0 Å². The molecule has 1 N–H and O–H groups in total. The molecule has 0 aliphatic rings. The maximum Gasteiger partial charge on any atom is 0.379 e. The van der Waals surface area contributed by atoms with Gasteiger partial charge in [0.1, 0.15) is 5.82 Å². The highest BCUT2D eigenvalue weighted by atomic mass is 32.1. The third-order valence-electron chi connectivity index (χ3n) is 3.13. The van der Waals surface area contributed by atoms with Crippen molar-refractivity contribution < 1.29 is 18.7 Å². The number of fused-ring (bicyclic) bond motifs is 1. The second kappa shape index (κ2) is 5.14. The Morgan fingerprint density at radius 1 is 1.29 bits per heavy atom. The van der Waals surface area contributed by atoms with E-state index in [-0.39, 0.29) is 5.56 Å². The van der Waals surface area contributed by atoms with E-state index in [1.807, 2.05) is 17.5 Å². The summed E-state index contributed by atoms with van der Waals surface area (Å²) in [4.78, 5) is 27.7. The Bertz CT molecular complexity index is 836. The zero-order chi connectivity index (χ0) is 15.0. The molecule has 0 spiro atoms. The van der Waals surface area contributed by atoms with Crippen molar-refractivity contribution in [1.29, 1.82) is 0 Å². The van der Waals surface area contributed by atoms with Gasteiger partial charge in [0.2, 0.25) is 0 Å². The van der Waals surface area contributed by atoms with Crippen LogP contribution in [0.3, 0.4) is 0 Å². The Labute approximate surface area is 123 Å². The quantitative estimate of drug-likeness (QED) is 0.458. The zero-order valence-electron chi connectivity index (χ0n) is 11.0. The molecular weight excluding hydrogens is 293 g/mol. The molecule has 2 heterocycles. The third-order valence-corrected chi connectivity index (χ3v) is 4.01. The number of H-pyrrole nitrogens is 1. The van der Waals surface area contributed by atoms with E-state index in [1.165, 1.54) is 29.5 Å². The Morgan fingerprint density at radius 3 is 2.76 bits per heavy atom. The number of methoxy groups -OCH3 is 1. The van der Waals surface area contributed by atoms with Crippen molar-refractivity contribution >= 4 is 34.0 Å². The molecule has 3 aromatic rings. The number of aromatic amines is 1. The SMILES string of the molecule is COC(=O)C(=O)c1c(-c2cccs2)[nH]c2ccc(F)cc12. The molecule has 0 aliphatic heterocycles. The number of carbonyl (C=O) groups excluding carboxylic acids is 2. The predicted molar refractivity (Wildman–Crippen MR) is 77.9 cm³/mol. The minimum absolute atomic E-state index is 0.138. The van der Waals surface area contributed by atoms with Crippen LogP contribution in [0.4, 0.5) is 4.39 Å². The molecule has 106 valence electrons. The molecular formula is C15H10FNO3S. The number of halogens is 1. The van der Waals surface area contributed by atoms with Crippen LogP contribution in [-0.2, 0) is 9.53 Å². The number of ketones is 1. The molecule has 1 aromatic carbocycles. The van der Waals surface area contributed by atoms with Gasteiger partial charge in [0.15, 0.2) is 0 Å². The van der Waals surface area contributed by atoms with E-state index in [2.05, 4.69) is 9.72 Å². The first-order chi connectivity index (χ1) is 10.1. The molecule has 2 aromatic heterocycles. The van der Waals surface area contributed by atoms with Gasteiger partial charge < -0.3 is 9.72 Å². The van der Waals surface area contributed by atoms with Crippen molar-refractivity contribution in [1.82, 2.24) is 4.98 Å². The number of benzene rings is 1. The van der Waals surface area contributed by atoms with E-state index < -0.39 is 17.6 Å². The number of ether oxygens (including phenoxy) is 1. The summed E-state index contributed by atoms with van der Waals surface area (Å²) in [6, 6.07) is 7.72. The first-order valence-corrected chi connectivity index (χ1v) is 6.97. The van der Waals surface area contributed by atoms with Crippen molar-refractivity contribution in [3.8, 4) is 10.6 Å². The molecule has 0 saturated heterocycles. The summed E-state index contributed by atoms with van der Waals surface area (Å²) in [6.07, 6.45) is 0. The van der Waals surface area contributed by atoms with E-state index in [0.717, 1.165) is 12.0 Å². The minimum Gasteiger partial charge on any atom is -0.463 e. The lowest BCUT2D eigenvalue weighted by Crippen LogP contribution is -2.16. The molecule has 0 unspecified atom stereocenters. The molecule has 4 nitrogen and oxygen atoms in total. The standard InChI is InChI=1S/C15H10FNO3S/c1-20-15(19)14(18)12-9-7-8(16)4-5-10(9)17-13(12)11-3-2-6-21-11/h2-7,17H,1H3. The number of hydrogen-bond donors (Lipinski definition) is 1. The van der Waals surface area contributed by atoms with Gasteiger partial charge in [-0.3, -0.25) is 4.79 Å². The van der Waals surface area contributed by atoms with Gasteiger partial charge in [0.05, 0.1) is 23.2 Å². The number of hydrogen-bond acceptors (Lipinski definition) is 4. The summed E-state index contributed by atoms with van der Waals surface area (Å²) >= 11 is 1.42. The van der Waals surface area contributed by atoms with Crippen LogP contribution in [0.2, 0.25) is 0 Å². The topological polar surface area (TPSA) is 59.2 Å². The highest BCUT2D eigenvalue weighted by molar-refractivity contribution is 7.13. The zero-order valence-corrected chi connectivity index (χ0v) is 11.8. The Hall–Kier alpha value is -2.47. The van der Waals surface area contributed by atoms with E-state index in [9.17, 15) is 14.0 Å². The number of carbonyl (C=O) groups is 2. The lowest BCUT2D eigenvalue weighted by atomic mass is 10.1. The third kappa shape index (κ3) is 2.23.